The lowest BCUT2D eigenvalue weighted by atomic mass is 10.1. The van der Waals surface area contributed by atoms with Gasteiger partial charge in [0, 0.05) is 18.7 Å². The van der Waals surface area contributed by atoms with Crippen LogP contribution in [0.5, 0.6) is 0 Å². The van der Waals surface area contributed by atoms with Gasteiger partial charge in [-0.25, -0.2) is 4.39 Å². The van der Waals surface area contributed by atoms with Gasteiger partial charge < -0.3 is 10.0 Å². The Morgan fingerprint density at radius 1 is 1.35 bits per heavy atom. The lowest BCUT2D eigenvalue weighted by Crippen LogP contribution is -2.30. The Balaban J connectivity index is 0.00000192. The van der Waals surface area contributed by atoms with Crippen LogP contribution >= 0.6 is 12.4 Å². The number of hydrogen-bond donors (Lipinski definition) is 2. The molecule has 1 atom stereocenters. The lowest BCUT2D eigenvalue weighted by Gasteiger charge is -2.15. The van der Waals surface area contributed by atoms with E-state index in [2.05, 4.69) is 10.2 Å². The summed E-state index contributed by atoms with van der Waals surface area (Å²) in [5.41, 5.74) is 0.815. The quantitative estimate of drug-likeness (QED) is 0.897. The first-order chi connectivity index (χ1) is 10.6. The van der Waals surface area contributed by atoms with Crippen molar-refractivity contribution in [1.29, 1.82) is 0 Å². The van der Waals surface area contributed by atoms with Crippen molar-refractivity contribution in [3.05, 3.63) is 41.8 Å². The van der Waals surface area contributed by atoms with Crippen molar-refractivity contribution in [1.82, 2.24) is 15.1 Å². The fourth-order valence-electron chi connectivity index (χ4n) is 2.63. The molecule has 0 aliphatic carbocycles. The van der Waals surface area contributed by atoms with E-state index in [1.165, 1.54) is 17.2 Å². The molecule has 6 nitrogen and oxygen atoms in total. The molecule has 1 unspecified atom stereocenters. The Labute approximate surface area is 137 Å². The van der Waals surface area contributed by atoms with E-state index in [9.17, 15) is 14.0 Å². The van der Waals surface area contributed by atoms with Crippen molar-refractivity contribution in [3.63, 3.8) is 0 Å². The second kappa shape index (κ2) is 6.78. The highest BCUT2D eigenvalue weighted by molar-refractivity contribution is 6.00. The van der Waals surface area contributed by atoms with Crippen molar-refractivity contribution >= 4 is 24.3 Å². The molecule has 2 heterocycles. The first kappa shape index (κ1) is 17.0. The molecule has 1 aliphatic rings. The van der Waals surface area contributed by atoms with E-state index in [-0.39, 0.29) is 36.0 Å². The van der Waals surface area contributed by atoms with Gasteiger partial charge in [0.15, 0.2) is 0 Å². The molecule has 1 aromatic carbocycles. The van der Waals surface area contributed by atoms with Crippen LogP contribution < -0.4 is 0 Å². The standard InChI is InChI=1S/C15H14FN3O3.ClH/c16-12-4-2-1-3-10(12)13-11(7-17-18-13)14(20)19-6-5-9(8-19)15(21)22;/h1-4,7,9H,5-6,8H2,(H,17,18)(H,21,22);1H. The summed E-state index contributed by atoms with van der Waals surface area (Å²) >= 11 is 0. The summed E-state index contributed by atoms with van der Waals surface area (Å²) in [6.45, 7) is 0.535. The molecule has 122 valence electrons. The monoisotopic (exact) mass is 339 g/mol. The summed E-state index contributed by atoms with van der Waals surface area (Å²) in [6, 6.07) is 6.10. The number of halogens is 2. The number of nitrogens with zero attached hydrogens (tertiary/aromatic N) is 2. The van der Waals surface area contributed by atoms with Crippen LogP contribution in [0.2, 0.25) is 0 Å². The maximum Gasteiger partial charge on any atom is 0.308 e. The largest absolute Gasteiger partial charge is 0.481 e. The van der Waals surface area contributed by atoms with Gasteiger partial charge in [-0.2, -0.15) is 5.10 Å². The molecular formula is C15H15ClFN3O3. The number of amides is 1. The minimum Gasteiger partial charge on any atom is -0.481 e. The predicted molar refractivity (Wildman–Crippen MR) is 82.9 cm³/mol. The number of hydrogen-bond acceptors (Lipinski definition) is 3. The van der Waals surface area contributed by atoms with Crippen LogP contribution in [-0.2, 0) is 4.79 Å². The Hall–Kier alpha value is -2.41. The van der Waals surface area contributed by atoms with Crippen molar-refractivity contribution < 1.29 is 19.1 Å². The topological polar surface area (TPSA) is 86.3 Å². The predicted octanol–water partition coefficient (Wildman–Crippen LogP) is 2.18. The highest BCUT2D eigenvalue weighted by atomic mass is 35.5. The number of rotatable bonds is 3. The number of H-pyrrole nitrogens is 1. The second-order valence-corrected chi connectivity index (χ2v) is 5.21. The third-order valence-corrected chi connectivity index (χ3v) is 3.84. The molecule has 1 saturated heterocycles. The maximum atomic E-state index is 13.9. The fourth-order valence-corrected chi connectivity index (χ4v) is 2.63. The van der Waals surface area contributed by atoms with E-state index in [0.717, 1.165) is 0 Å². The molecule has 2 aromatic rings. The zero-order valence-corrected chi connectivity index (χ0v) is 12.8. The fraction of sp³-hybridized carbons (Fsp3) is 0.267. The molecule has 2 N–H and O–H groups in total. The normalized spacial score (nSPS) is 16.9. The maximum absolute atomic E-state index is 13.9. The van der Waals surface area contributed by atoms with Crippen LogP contribution in [0.1, 0.15) is 16.8 Å². The first-order valence-electron chi connectivity index (χ1n) is 6.88. The van der Waals surface area contributed by atoms with Gasteiger partial charge in [-0.3, -0.25) is 14.7 Å². The van der Waals surface area contributed by atoms with E-state index in [0.29, 0.717) is 18.7 Å². The average Bonchev–Trinajstić information content (AvgIpc) is 3.16. The highest BCUT2D eigenvalue weighted by Gasteiger charge is 2.32. The Bertz CT molecular complexity index is 734. The Morgan fingerprint density at radius 3 is 2.74 bits per heavy atom. The van der Waals surface area contributed by atoms with Crippen LogP contribution in [0.15, 0.2) is 30.5 Å². The number of aromatic nitrogens is 2. The van der Waals surface area contributed by atoms with Gasteiger partial charge in [0.05, 0.1) is 23.4 Å². The van der Waals surface area contributed by atoms with Crippen LogP contribution in [-0.4, -0.2) is 45.2 Å². The number of likely N-dealkylation sites (tertiary alicyclic amines) is 1. The molecule has 1 fully saturated rings. The van der Waals surface area contributed by atoms with Gasteiger partial charge in [-0.05, 0) is 18.6 Å². The first-order valence-corrected chi connectivity index (χ1v) is 6.88. The third kappa shape index (κ3) is 3.19. The molecule has 1 aromatic heterocycles. The molecule has 3 rings (SSSR count). The molecule has 0 spiro atoms. The number of carboxylic acids is 1. The minimum absolute atomic E-state index is 0. The summed E-state index contributed by atoms with van der Waals surface area (Å²) in [6.07, 6.45) is 1.77. The summed E-state index contributed by atoms with van der Waals surface area (Å²) in [7, 11) is 0. The summed E-state index contributed by atoms with van der Waals surface area (Å²) < 4.78 is 13.9. The highest BCUT2D eigenvalue weighted by Crippen LogP contribution is 2.26. The van der Waals surface area contributed by atoms with Crippen molar-refractivity contribution in [2.75, 3.05) is 13.1 Å². The van der Waals surface area contributed by atoms with Gasteiger partial charge >= 0.3 is 5.97 Å². The molecule has 23 heavy (non-hydrogen) atoms. The molecule has 8 heteroatoms. The van der Waals surface area contributed by atoms with Gasteiger partial charge in [-0.15, -0.1) is 12.4 Å². The zero-order valence-electron chi connectivity index (χ0n) is 12.0. The lowest BCUT2D eigenvalue weighted by molar-refractivity contribution is -0.141. The zero-order chi connectivity index (χ0) is 15.7. The smallest absolute Gasteiger partial charge is 0.308 e. The number of nitrogens with one attached hydrogen (secondary N) is 1. The van der Waals surface area contributed by atoms with E-state index in [1.807, 2.05) is 0 Å². The van der Waals surface area contributed by atoms with Crippen LogP contribution in [0.25, 0.3) is 11.3 Å². The molecule has 0 radical (unpaired) electrons. The van der Waals surface area contributed by atoms with E-state index in [1.54, 1.807) is 18.2 Å². The Kier molecular flexibility index (Phi) is 5.00. The van der Waals surface area contributed by atoms with Crippen molar-refractivity contribution in [2.24, 2.45) is 5.92 Å². The molecule has 1 amide bonds. The van der Waals surface area contributed by atoms with Crippen LogP contribution in [0.3, 0.4) is 0 Å². The molecule has 1 aliphatic heterocycles. The number of carbonyl (C=O) groups excluding carboxylic acids is 1. The molecular weight excluding hydrogens is 325 g/mol. The molecule has 0 bridgehead atoms. The summed E-state index contributed by atoms with van der Waals surface area (Å²) in [5.74, 6) is -2.24. The average molecular weight is 340 g/mol. The van der Waals surface area contributed by atoms with E-state index in [4.69, 9.17) is 5.11 Å². The van der Waals surface area contributed by atoms with Gasteiger partial charge in [0.25, 0.3) is 5.91 Å². The second-order valence-electron chi connectivity index (χ2n) is 5.21. The minimum atomic E-state index is -0.906. The number of carboxylic acid groups (broad SMARTS) is 1. The number of aromatic amines is 1. The number of aliphatic carboxylic acids is 1. The van der Waals surface area contributed by atoms with Gasteiger partial charge in [0.1, 0.15) is 5.82 Å². The number of benzene rings is 1. The summed E-state index contributed by atoms with van der Waals surface area (Å²) in [4.78, 5) is 25.0. The van der Waals surface area contributed by atoms with Crippen LogP contribution in [0.4, 0.5) is 4.39 Å². The van der Waals surface area contributed by atoms with Gasteiger partial charge in [0.2, 0.25) is 0 Å². The molecule has 0 saturated carbocycles. The van der Waals surface area contributed by atoms with Crippen LogP contribution in [0, 0.1) is 11.7 Å². The SMILES string of the molecule is Cl.O=C(O)C1CCN(C(=O)c2cn[nH]c2-c2ccccc2F)C1. The van der Waals surface area contributed by atoms with E-state index < -0.39 is 17.7 Å². The Morgan fingerprint density at radius 2 is 2.09 bits per heavy atom. The van der Waals surface area contributed by atoms with Crippen molar-refractivity contribution in [2.45, 2.75) is 6.42 Å². The number of carbonyl (C=O) groups is 2. The summed E-state index contributed by atoms with van der Waals surface area (Å²) in [5, 5.41) is 15.5. The van der Waals surface area contributed by atoms with Crippen molar-refractivity contribution in [3.8, 4) is 11.3 Å². The van der Waals surface area contributed by atoms with E-state index >= 15 is 0 Å². The van der Waals surface area contributed by atoms with Gasteiger partial charge in [-0.1, -0.05) is 12.1 Å². The third-order valence-electron chi connectivity index (χ3n) is 3.84.